The van der Waals surface area contributed by atoms with Gasteiger partial charge in [-0.2, -0.15) is 0 Å². The zero-order valence-corrected chi connectivity index (χ0v) is 35.7. The molecule has 2 aliphatic heterocycles. The second-order valence-corrected chi connectivity index (χ2v) is 19.3. The van der Waals surface area contributed by atoms with E-state index in [4.69, 9.17) is 23.1 Å². The van der Waals surface area contributed by atoms with Crippen LogP contribution in [0.2, 0.25) is 0 Å². The minimum atomic E-state index is -5.33. The Labute approximate surface area is 346 Å². The number of aliphatic hydroxyl groups is 8. The maximum absolute atomic E-state index is 12.6. The Kier molecular flexibility index (Phi) is 14.7. The molecular weight excluding hydrogens is 755 g/mol. The normalized spacial score (nSPS) is 49.8. The molecule has 0 spiro atoms. The molecule has 6 aliphatic rings. The Bertz CT molecular complexity index is 1410. The van der Waals surface area contributed by atoms with E-state index >= 15 is 0 Å². The first-order chi connectivity index (χ1) is 25.1. The van der Waals surface area contributed by atoms with E-state index in [1.165, 1.54) is 0 Å². The maximum Gasteiger partial charge on any atom is 1.00 e. The van der Waals surface area contributed by atoms with Gasteiger partial charge in [-0.15, -0.1) is 0 Å². The molecule has 0 bridgehead atoms. The predicted molar refractivity (Wildman–Crippen MR) is 187 cm³/mol. The number of hydrogen-bond donors (Lipinski definition) is 8. The molecule has 4 aliphatic carbocycles. The minimum absolute atomic E-state index is 0. The second-order valence-electron chi connectivity index (χ2n) is 18.3. The number of fused-ring (bicyclic) bond motifs is 5. The summed E-state index contributed by atoms with van der Waals surface area (Å²) in [6, 6.07) is 0. The predicted octanol–water partition coefficient (Wildman–Crippen LogP) is -3.09. The third-order valence-corrected chi connectivity index (χ3v) is 15.3. The molecule has 314 valence electrons. The van der Waals surface area contributed by atoms with Crippen molar-refractivity contribution in [3.63, 3.8) is 0 Å². The van der Waals surface area contributed by atoms with Crippen LogP contribution in [0.1, 0.15) is 92.4 Å². The van der Waals surface area contributed by atoms with Crippen molar-refractivity contribution >= 4 is 10.4 Å². The molecule has 8 N–H and O–H groups in total. The van der Waals surface area contributed by atoms with Crippen LogP contribution in [-0.4, -0.2) is 146 Å². The Hall–Kier alpha value is 0.390. The molecule has 18 heteroatoms. The zero-order chi connectivity index (χ0) is 39.7. The summed E-state index contributed by atoms with van der Waals surface area (Å²) in [5, 5.41) is 86.9. The van der Waals surface area contributed by atoms with Gasteiger partial charge in [0, 0.05) is 12.3 Å². The SMILES string of the molecule is CC(C)[C@H](CC[C@@H](C)[C@H]1C[C@H](O)C2[C@]3(O)C[C@H](O)C4C[C@@H](O)CC[C@]4(C)C3CC[C@@]21C)OC1OC(CO)C(OS(=O)(=O)[O-])C1OC1OCC(O)C(O)C1O.[Na+]. The third-order valence-electron chi connectivity index (χ3n) is 14.8. The summed E-state index contributed by atoms with van der Waals surface area (Å²) >= 11 is 0. The minimum Gasteiger partial charge on any atom is -0.726 e. The third kappa shape index (κ3) is 8.78. The van der Waals surface area contributed by atoms with Gasteiger partial charge in [0.25, 0.3) is 0 Å². The van der Waals surface area contributed by atoms with Gasteiger partial charge in [-0.1, -0.05) is 34.6 Å². The van der Waals surface area contributed by atoms with Crippen molar-refractivity contribution in [3.8, 4) is 0 Å². The molecule has 6 fully saturated rings. The topological polar surface area (TPSA) is 265 Å². The fraction of sp³-hybridized carbons (Fsp3) is 1.00. The molecule has 20 atom stereocenters. The van der Waals surface area contributed by atoms with Crippen LogP contribution in [-0.2, 0) is 33.5 Å². The first-order valence-corrected chi connectivity index (χ1v) is 21.1. The fourth-order valence-electron chi connectivity index (χ4n) is 12.2. The van der Waals surface area contributed by atoms with Gasteiger partial charge >= 0.3 is 29.6 Å². The molecule has 6 rings (SSSR count). The summed E-state index contributed by atoms with van der Waals surface area (Å²) in [7, 11) is -5.33. The van der Waals surface area contributed by atoms with Crippen molar-refractivity contribution in [1.82, 2.24) is 0 Å². The summed E-state index contributed by atoms with van der Waals surface area (Å²) in [5.74, 6) is -0.665. The van der Waals surface area contributed by atoms with Crippen LogP contribution in [0.25, 0.3) is 0 Å². The molecule has 55 heavy (non-hydrogen) atoms. The van der Waals surface area contributed by atoms with Gasteiger partial charge in [0.2, 0.25) is 10.4 Å². The van der Waals surface area contributed by atoms with Gasteiger partial charge in [-0.3, -0.25) is 4.18 Å². The average molecular weight is 819 g/mol. The van der Waals surface area contributed by atoms with Crippen LogP contribution in [0.15, 0.2) is 0 Å². The van der Waals surface area contributed by atoms with Crippen molar-refractivity contribution in [1.29, 1.82) is 0 Å². The van der Waals surface area contributed by atoms with Crippen molar-refractivity contribution in [2.75, 3.05) is 13.2 Å². The molecule has 0 radical (unpaired) electrons. The van der Waals surface area contributed by atoms with E-state index in [0.29, 0.717) is 38.5 Å². The monoisotopic (exact) mass is 818 g/mol. The van der Waals surface area contributed by atoms with E-state index in [1.54, 1.807) is 0 Å². The van der Waals surface area contributed by atoms with E-state index in [-0.39, 0.29) is 71.0 Å². The van der Waals surface area contributed by atoms with E-state index in [0.717, 1.165) is 12.8 Å². The zero-order valence-electron chi connectivity index (χ0n) is 32.9. The first-order valence-electron chi connectivity index (χ1n) is 19.8. The van der Waals surface area contributed by atoms with Crippen LogP contribution >= 0.6 is 0 Å². The molecule has 0 aromatic carbocycles. The van der Waals surface area contributed by atoms with Crippen molar-refractivity contribution in [2.24, 2.45) is 46.3 Å². The van der Waals surface area contributed by atoms with E-state index < -0.39 is 114 Å². The largest absolute Gasteiger partial charge is 1.00 e. The summed E-state index contributed by atoms with van der Waals surface area (Å²) < 4.78 is 63.4. The molecule has 11 unspecified atom stereocenters. The number of rotatable bonds is 12. The first kappa shape index (κ1) is 46.5. The van der Waals surface area contributed by atoms with Crippen LogP contribution < -0.4 is 29.6 Å². The van der Waals surface area contributed by atoms with Crippen molar-refractivity contribution in [3.05, 3.63) is 0 Å². The number of aliphatic hydroxyl groups excluding tert-OH is 7. The summed E-state index contributed by atoms with van der Waals surface area (Å²) in [6.07, 6.45) is -9.72. The van der Waals surface area contributed by atoms with Gasteiger partial charge in [0.1, 0.15) is 36.6 Å². The Morgan fingerprint density at radius 1 is 0.873 bits per heavy atom. The van der Waals surface area contributed by atoms with E-state index in [9.17, 15) is 53.8 Å². The average Bonchev–Trinajstić information content (AvgIpc) is 3.55. The molecule has 0 aromatic heterocycles. The molecular formula is C37H63NaO16S. The second kappa shape index (κ2) is 17.4. The summed E-state index contributed by atoms with van der Waals surface area (Å²) in [5.41, 5.74) is -2.01. The van der Waals surface area contributed by atoms with Crippen LogP contribution in [0, 0.1) is 46.3 Å². The van der Waals surface area contributed by atoms with Crippen LogP contribution in [0.5, 0.6) is 0 Å². The summed E-state index contributed by atoms with van der Waals surface area (Å²) in [6.45, 7) is 9.10. The Morgan fingerprint density at radius 2 is 1.55 bits per heavy atom. The quantitative estimate of drug-likeness (QED) is 0.0551. The van der Waals surface area contributed by atoms with Gasteiger partial charge in [-0.25, -0.2) is 8.42 Å². The van der Waals surface area contributed by atoms with Crippen molar-refractivity contribution < 1.29 is 107 Å². The van der Waals surface area contributed by atoms with E-state index in [1.807, 2.05) is 13.8 Å². The fourth-order valence-corrected chi connectivity index (χ4v) is 12.7. The molecule has 2 heterocycles. The van der Waals surface area contributed by atoms with E-state index in [2.05, 4.69) is 20.8 Å². The molecule has 16 nitrogen and oxygen atoms in total. The molecule has 2 saturated heterocycles. The number of ether oxygens (including phenoxy) is 4. The molecule has 4 saturated carbocycles. The Morgan fingerprint density at radius 3 is 2.18 bits per heavy atom. The summed E-state index contributed by atoms with van der Waals surface area (Å²) in [4.78, 5) is 0. The van der Waals surface area contributed by atoms with Gasteiger partial charge < -0.3 is 64.4 Å². The van der Waals surface area contributed by atoms with Crippen LogP contribution in [0.4, 0.5) is 0 Å². The van der Waals surface area contributed by atoms with Gasteiger partial charge in [0.15, 0.2) is 12.6 Å². The maximum atomic E-state index is 12.6. The van der Waals surface area contributed by atoms with Crippen LogP contribution in [0.3, 0.4) is 0 Å². The van der Waals surface area contributed by atoms with Crippen molar-refractivity contribution in [2.45, 2.75) is 172 Å². The number of hydrogen-bond acceptors (Lipinski definition) is 16. The molecule has 0 aromatic rings. The smallest absolute Gasteiger partial charge is 0.726 e. The molecule has 0 amide bonds. The van der Waals surface area contributed by atoms with Gasteiger partial charge in [-0.05, 0) is 91.8 Å². The van der Waals surface area contributed by atoms with Gasteiger partial charge in [0.05, 0.1) is 43.2 Å². The Balaban J connectivity index is 0.00000580. The standard InChI is InChI=1S/C37H64O16S.Na/c1-17(2)25(50-34-31(30(26(15-38)51-34)53-54(46,47)48)52-33-29(44)28(43)24(42)16-49-33)7-6-18(3)20-13-22(40)32-36(20,5)11-9-27-35(4)10-8-19(39)12-21(35)23(41)14-37(27,32)45;/h17-34,38-45H,6-16H2,1-5H3,(H,46,47,48);/q;+1/p-1/t18-,19+,20-,21?,22+,23+,24?,25+,26?,27?,28?,29?,30?,31?,32?,33?,34?,35+,36-,37+;/m1./s1.